The minimum Gasteiger partial charge on any atom is -0.356 e. The van der Waals surface area contributed by atoms with Crippen LogP contribution in [0.3, 0.4) is 0 Å². The fourth-order valence-corrected chi connectivity index (χ4v) is 5.14. The molecule has 0 atom stereocenters. The number of aromatic nitrogens is 3. The van der Waals surface area contributed by atoms with Crippen LogP contribution < -0.4 is 4.90 Å². The van der Waals surface area contributed by atoms with E-state index in [-0.39, 0.29) is 0 Å². The molecule has 0 radical (unpaired) electrons. The number of benzene rings is 2. The summed E-state index contributed by atoms with van der Waals surface area (Å²) < 4.78 is 2.27. The largest absolute Gasteiger partial charge is 0.356 e. The molecule has 0 saturated carbocycles. The third kappa shape index (κ3) is 4.22. The van der Waals surface area contributed by atoms with Gasteiger partial charge in [0.25, 0.3) is 0 Å². The van der Waals surface area contributed by atoms with E-state index in [9.17, 15) is 0 Å². The average molecular weight is 455 g/mol. The predicted octanol–water partition coefficient (Wildman–Crippen LogP) is 7.56. The molecule has 178 valence electrons. The van der Waals surface area contributed by atoms with Crippen LogP contribution in [0.2, 0.25) is 0 Å². The van der Waals surface area contributed by atoms with E-state index in [0.717, 1.165) is 54.2 Å². The highest BCUT2D eigenvalue weighted by atomic mass is 15.2. The Morgan fingerprint density at radius 3 is 2.15 bits per heavy atom. The highest BCUT2D eigenvalue weighted by Gasteiger charge is 2.21. The summed E-state index contributed by atoms with van der Waals surface area (Å²) in [5, 5.41) is 1.11. The zero-order valence-electron chi connectivity index (χ0n) is 22.1. The van der Waals surface area contributed by atoms with Crippen LogP contribution in [0.15, 0.2) is 36.5 Å². The lowest BCUT2D eigenvalue weighted by atomic mass is 9.98. The monoisotopic (exact) mass is 454 g/mol. The van der Waals surface area contributed by atoms with Crippen LogP contribution >= 0.6 is 0 Å². The van der Waals surface area contributed by atoms with Gasteiger partial charge in [-0.1, -0.05) is 43.2 Å². The summed E-state index contributed by atoms with van der Waals surface area (Å²) >= 11 is 0. The van der Waals surface area contributed by atoms with Crippen molar-refractivity contribution in [2.24, 2.45) is 0 Å². The van der Waals surface area contributed by atoms with E-state index in [1.807, 2.05) is 0 Å². The summed E-state index contributed by atoms with van der Waals surface area (Å²) in [7, 11) is 0. The lowest BCUT2D eigenvalue weighted by Crippen LogP contribution is -2.25. The Bertz CT molecular complexity index is 1320. The molecule has 4 rings (SSSR count). The first-order valence-electron chi connectivity index (χ1n) is 12.6. The molecule has 4 aromatic rings. The highest BCUT2D eigenvalue weighted by Crippen LogP contribution is 2.34. The van der Waals surface area contributed by atoms with Gasteiger partial charge in [0, 0.05) is 24.8 Å². The molecule has 0 unspecified atom stereocenters. The average Bonchev–Trinajstić information content (AvgIpc) is 3.20. The number of unbranched alkanes of at least 4 members (excludes halogenated alkanes) is 1. The van der Waals surface area contributed by atoms with Crippen molar-refractivity contribution in [1.29, 1.82) is 0 Å². The van der Waals surface area contributed by atoms with Gasteiger partial charge >= 0.3 is 0 Å². The summed E-state index contributed by atoms with van der Waals surface area (Å²) in [5.41, 5.74) is 10.9. The highest BCUT2D eigenvalue weighted by molar-refractivity contribution is 5.91. The first-order chi connectivity index (χ1) is 16.3. The standard InChI is InChI=1S/C30H38N4/c1-9-11-15-33(10-2)29-25-14-16-34(27-22(6)17-19(3)18-23(27)7)30(25)32-28(31-29)26-21(5)13-12-20(4)24(26)8/h12-14,16-18H,9-11,15H2,1-8H3. The summed E-state index contributed by atoms with van der Waals surface area (Å²) in [6.45, 7) is 19.4. The lowest BCUT2D eigenvalue weighted by molar-refractivity contribution is 0.726. The molecule has 0 bridgehead atoms. The molecule has 4 heteroatoms. The van der Waals surface area contributed by atoms with Crippen LogP contribution in [0.1, 0.15) is 60.1 Å². The lowest BCUT2D eigenvalue weighted by Gasteiger charge is -2.24. The number of aryl methyl sites for hydroxylation is 5. The van der Waals surface area contributed by atoms with Crippen LogP contribution in [0.4, 0.5) is 5.82 Å². The van der Waals surface area contributed by atoms with Crippen LogP contribution in [0, 0.1) is 41.5 Å². The van der Waals surface area contributed by atoms with Crippen molar-refractivity contribution in [1.82, 2.24) is 14.5 Å². The number of hydrogen-bond acceptors (Lipinski definition) is 3. The Balaban J connectivity index is 2.06. The van der Waals surface area contributed by atoms with Crippen LogP contribution in [-0.4, -0.2) is 27.6 Å². The maximum absolute atomic E-state index is 5.23. The van der Waals surface area contributed by atoms with Crippen molar-refractivity contribution in [3.05, 3.63) is 69.9 Å². The fourth-order valence-electron chi connectivity index (χ4n) is 5.14. The molecule has 0 N–H and O–H groups in total. The Hall–Kier alpha value is -3.14. The molecule has 0 spiro atoms. The van der Waals surface area contributed by atoms with Gasteiger partial charge < -0.3 is 9.47 Å². The van der Waals surface area contributed by atoms with E-state index in [2.05, 4.69) is 101 Å². The van der Waals surface area contributed by atoms with E-state index >= 15 is 0 Å². The van der Waals surface area contributed by atoms with Crippen molar-refractivity contribution < 1.29 is 0 Å². The zero-order chi connectivity index (χ0) is 24.6. The normalized spacial score (nSPS) is 11.4. The Kier molecular flexibility index (Phi) is 6.79. The van der Waals surface area contributed by atoms with Gasteiger partial charge in [-0.25, -0.2) is 9.97 Å². The molecule has 2 heterocycles. The van der Waals surface area contributed by atoms with E-state index in [1.54, 1.807) is 0 Å². The van der Waals surface area contributed by atoms with Crippen molar-refractivity contribution in [3.63, 3.8) is 0 Å². The summed E-state index contributed by atoms with van der Waals surface area (Å²) in [6.07, 6.45) is 4.48. The SMILES string of the molecule is CCCCN(CC)c1nc(-c2c(C)ccc(C)c2C)nc2c1ccn2-c1c(C)cc(C)cc1C. The molecule has 0 amide bonds. The molecule has 0 fully saturated rings. The van der Waals surface area contributed by atoms with Gasteiger partial charge in [-0.05, 0) is 88.8 Å². The third-order valence-corrected chi connectivity index (χ3v) is 7.03. The molecular weight excluding hydrogens is 416 g/mol. The quantitative estimate of drug-likeness (QED) is 0.289. The van der Waals surface area contributed by atoms with Crippen LogP contribution in [-0.2, 0) is 0 Å². The topological polar surface area (TPSA) is 34.0 Å². The second-order valence-corrected chi connectivity index (χ2v) is 9.67. The number of anilines is 1. The van der Waals surface area contributed by atoms with Gasteiger partial charge in [-0.2, -0.15) is 0 Å². The molecule has 0 aliphatic rings. The Labute approximate surface area is 204 Å². The molecular formula is C30H38N4. The van der Waals surface area contributed by atoms with Gasteiger partial charge in [0.15, 0.2) is 11.5 Å². The van der Waals surface area contributed by atoms with Crippen molar-refractivity contribution >= 4 is 16.9 Å². The smallest absolute Gasteiger partial charge is 0.164 e. The second-order valence-electron chi connectivity index (χ2n) is 9.67. The molecule has 2 aromatic carbocycles. The first-order valence-corrected chi connectivity index (χ1v) is 12.6. The van der Waals surface area contributed by atoms with Gasteiger partial charge in [0.05, 0.1) is 11.1 Å². The van der Waals surface area contributed by atoms with Gasteiger partial charge in [0.2, 0.25) is 0 Å². The maximum atomic E-state index is 5.23. The Morgan fingerprint density at radius 1 is 0.824 bits per heavy atom. The molecule has 0 aliphatic carbocycles. The van der Waals surface area contributed by atoms with E-state index in [4.69, 9.17) is 9.97 Å². The fraction of sp³-hybridized carbons (Fsp3) is 0.400. The molecule has 34 heavy (non-hydrogen) atoms. The molecule has 0 aliphatic heterocycles. The summed E-state index contributed by atoms with van der Waals surface area (Å²) in [4.78, 5) is 12.9. The summed E-state index contributed by atoms with van der Waals surface area (Å²) in [5.74, 6) is 1.86. The zero-order valence-corrected chi connectivity index (χ0v) is 22.1. The van der Waals surface area contributed by atoms with Crippen molar-refractivity contribution in [2.75, 3.05) is 18.0 Å². The van der Waals surface area contributed by atoms with Crippen LogP contribution in [0.25, 0.3) is 28.1 Å². The van der Waals surface area contributed by atoms with Gasteiger partial charge in [-0.3, -0.25) is 0 Å². The second kappa shape index (κ2) is 9.61. The predicted molar refractivity (Wildman–Crippen MR) is 146 cm³/mol. The van der Waals surface area contributed by atoms with Gasteiger partial charge in [-0.15, -0.1) is 0 Å². The number of rotatable bonds is 7. The number of hydrogen-bond donors (Lipinski definition) is 0. The van der Waals surface area contributed by atoms with Gasteiger partial charge in [0.1, 0.15) is 5.82 Å². The third-order valence-electron chi connectivity index (χ3n) is 7.03. The van der Waals surface area contributed by atoms with Crippen LogP contribution in [0.5, 0.6) is 0 Å². The van der Waals surface area contributed by atoms with Crippen molar-refractivity contribution in [3.8, 4) is 17.1 Å². The maximum Gasteiger partial charge on any atom is 0.164 e. The number of nitrogens with zero attached hydrogens (tertiary/aromatic N) is 4. The molecule has 4 nitrogen and oxygen atoms in total. The van der Waals surface area contributed by atoms with E-state index in [1.165, 1.54) is 39.1 Å². The summed E-state index contributed by atoms with van der Waals surface area (Å²) in [6, 6.07) is 11.1. The Morgan fingerprint density at radius 2 is 1.50 bits per heavy atom. The van der Waals surface area contributed by atoms with E-state index in [0.29, 0.717) is 0 Å². The molecule has 2 aromatic heterocycles. The van der Waals surface area contributed by atoms with E-state index < -0.39 is 0 Å². The number of fused-ring (bicyclic) bond motifs is 1. The minimum atomic E-state index is 0.818. The van der Waals surface area contributed by atoms with Crippen molar-refractivity contribution in [2.45, 2.75) is 68.2 Å². The first kappa shape index (κ1) is 24.0. The minimum absolute atomic E-state index is 0.818. The molecule has 0 saturated heterocycles.